The Morgan fingerprint density at radius 2 is 1.90 bits per heavy atom. The van der Waals surface area contributed by atoms with Gasteiger partial charge in [0.1, 0.15) is 5.75 Å². The van der Waals surface area contributed by atoms with E-state index < -0.39 is 6.10 Å². The molecule has 30 heavy (non-hydrogen) atoms. The van der Waals surface area contributed by atoms with Crippen LogP contribution in [0.3, 0.4) is 0 Å². The summed E-state index contributed by atoms with van der Waals surface area (Å²) in [4.78, 5) is 19.0. The second kappa shape index (κ2) is 8.64. The second-order valence-electron chi connectivity index (χ2n) is 7.83. The topological polar surface area (TPSA) is 99.2 Å². The molecule has 1 amide bonds. The normalized spacial score (nSPS) is 16.1. The summed E-state index contributed by atoms with van der Waals surface area (Å²) in [5.74, 6) is 1.92. The summed E-state index contributed by atoms with van der Waals surface area (Å²) >= 11 is 0. The molecular formula is C21H26N6O3. The fraction of sp³-hybridized carbons (Fsp3) is 0.476. The molecule has 1 aliphatic heterocycles. The minimum absolute atomic E-state index is 0.00339. The standard InChI is InChI=1S/C21H26N6O3/c1-14(2)19-22-20(30-24-19)18-13-27(25-23-18)16-9-11-26(12-10-16)21(28)15(3)29-17-7-5-4-6-8-17/h4-8,13-16H,9-12H2,1-3H3. The number of carbonyl (C=O) groups is 1. The molecule has 0 spiro atoms. The van der Waals surface area contributed by atoms with E-state index in [0.717, 1.165) is 12.8 Å². The Morgan fingerprint density at radius 1 is 1.17 bits per heavy atom. The summed E-state index contributed by atoms with van der Waals surface area (Å²) in [6, 6.07) is 9.58. The molecule has 1 aliphatic rings. The summed E-state index contributed by atoms with van der Waals surface area (Å²) in [5.41, 5.74) is 0.567. The van der Waals surface area contributed by atoms with Crippen LogP contribution in [0.25, 0.3) is 11.6 Å². The average Bonchev–Trinajstić information content (AvgIpc) is 3.44. The Kier molecular flexibility index (Phi) is 5.78. The Bertz CT molecular complexity index is 976. The molecule has 0 radical (unpaired) electrons. The number of para-hydroxylation sites is 1. The van der Waals surface area contributed by atoms with E-state index in [1.807, 2.05) is 60.0 Å². The summed E-state index contributed by atoms with van der Waals surface area (Å²) in [7, 11) is 0. The first-order valence-corrected chi connectivity index (χ1v) is 10.3. The van der Waals surface area contributed by atoms with E-state index in [4.69, 9.17) is 9.26 Å². The van der Waals surface area contributed by atoms with Gasteiger partial charge in [0, 0.05) is 19.0 Å². The number of hydrogen-bond acceptors (Lipinski definition) is 7. The van der Waals surface area contributed by atoms with Crippen molar-refractivity contribution in [3.05, 3.63) is 42.4 Å². The van der Waals surface area contributed by atoms with Gasteiger partial charge in [-0.15, -0.1) is 5.10 Å². The monoisotopic (exact) mass is 410 g/mol. The molecule has 158 valence electrons. The molecule has 2 aromatic heterocycles. The highest BCUT2D eigenvalue weighted by Gasteiger charge is 2.28. The van der Waals surface area contributed by atoms with Crippen molar-refractivity contribution < 1.29 is 14.1 Å². The number of piperidine rings is 1. The highest BCUT2D eigenvalue weighted by atomic mass is 16.5. The minimum atomic E-state index is -0.519. The van der Waals surface area contributed by atoms with Crippen LogP contribution in [-0.2, 0) is 4.79 Å². The molecule has 1 aromatic carbocycles. The molecule has 0 bridgehead atoms. The first-order valence-electron chi connectivity index (χ1n) is 10.3. The third-order valence-corrected chi connectivity index (χ3v) is 5.24. The average molecular weight is 410 g/mol. The van der Waals surface area contributed by atoms with Crippen molar-refractivity contribution in [3.8, 4) is 17.3 Å². The Morgan fingerprint density at radius 3 is 2.57 bits per heavy atom. The first-order chi connectivity index (χ1) is 14.5. The van der Waals surface area contributed by atoms with Gasteiger partial charge in [0.25, 0.3) is 11.8 Å². The zero-order chi connectivity index (χ0) is 21.1. The molecular weight excluding hydrogens is 384 g/mol. The Balaban J connectivity index is 1.33. The zero-order valence-corrected chi connectivity index (χ0v) is 17.4. The van der Waals surface area contributed by atoms with Gasteiger partial charge in [-0.2, -0.15) is 4.98 Å². The van der Waals surface area contributed by atoms with E-state index in [0.29, 0.717) is 36.2 Å². The minimum Gasteiger partial charge on any atom is -0.481 e. The van der Waals surface area contributed by atoms with Gasteiger partial charge in [0.2, 0.25) is 0 Å². The lowest BCUT2D eigenvalue weighted by molar-refractivity contribution is -0.139. The molecule has 9 heteroatoms. The Labute approximate surface area is 175 Å². The van der Waals surface area contributed by atoms with E-state index in [1.165, 1.54) is 0 Å². The largest absolute Gasteiger partial charge is 0.481 e. The zero-order valence-electron chi connectivity index (χ0n) is 17.4. The summed E-state index contributed by atoms with van der Waals surface area (Å²) in [5, 5.41) is 12.4. The molecule has 1 saturated heterocycles. The van der Waals surface area contributed by atoms with Gasteiger partial charge in [0.15, 0.2) is 17.6 Å². The second-order valence-corrected chi connectivity index (χ2v) is 7.83. The maximum Gasteiger partial charge on any atom is 0.280 e. The van der Waals surface area contributed by atoms with Crippen molar-refractivity contribution in [2.75, 3.05) is 13.1 Å². The number of benzene rings is 1. The molecule has 0 aliphatic carbocycles. The highest BCUT2D eigenvalue weighted by Crippen LogP contribution is 2.25. The fourth-order valence-electron chi connectivity index (χ4n) is 3.49. The molecule has 3 heterocycles. The van der Waals surface area contributed by atoms with Crippen LogP contribution in [0, 0.1) is 0 Å². The third kappa shape index (κ3) is 4.34. The van der Waals surface area contributed by atoms with Gasteiger partial charge >= 0.3 is 0 Å². The van der Waals surface area contributed by atoms with Crippen molar-refractivity contribution in [2.45, 2.75) is 51.7 Å². The molecule has 1 fully saturated rings. The van der Waals surface area contributed by atoms with Crippen LogP contribution in [0.1, 0.15) is 51.4 Å². The van der Waals surface area contributed by atoms with E-state index >= 15 is 0 Å². The van der Waals surface area contributed by atoms with Crippen molar-refractivity contribution in [2.24, 2.45) is 0 Å². The first kappa shape index (κ1) is 20.1. The van der Waals surface area contributed by atoms with Crippen LogP contribution in [0.5, 0.6) is 5.75 Å². The van der Waals surface area contributed by atoms with Crippen LogP contribution in [-0.4, -0.2) is 55.1 Å². The maximum atomic E-state index is 12.7. The van der Waals surface area contributed by atoms with E-state index in [-0.39, 0.29) is 17.9 Å². The third-order valence-electron chi connectivity index (χ3n) is 5.24. The lowest BCUT2D eigenvalue weighted by Gasteiger charge is -2.33. The predicted molar refractivity (Wildman–Crippen MR) is 109 cm³/mol. The molecule has 1 atom stereocenters. The van der Waals surface area contributed by atoms with Crippen molar-refractivity contribution in [1.82, 2.24) is 30.0 Å². The van der Waals surface area contributed by atoms with Crippen LogP contribution < -0.4 is 4.74 Å². The summed E-state index contributed by atoms with van der Waals surface area (Å²) in [6.45, 7) is 7.11. The molecule has 9 nitrogen and oxygen atoms in total. The molecule has 3 aromatic rings. The fourth-order valence-corrected chi connectivity index (χ4v) is 3.49. The van der Waals surface area contributed by atoms with Crippen LogP contribution in [0.4, 0.5) is 0 Å². The smallest absolute Gasteiger partial charge is 0.280 e. The lowest BCUT2D eigenvalue weighted by Crippen LogP contribution is -2.45. The molecule has 0 saturated carbocycles. The predicted octanol–water partition coefficient (Wildman–Crippen LogP) is 3.08. The molecule has 4 rings (SSSR count). The molecule has 0 N–H and O–H groups in total. The number of hydrogen-bond donors (Lipinski definition) is 0. The van der Waals surface area contributed by atoms with Crippen LogP contribution in [0.15, 0.2) is 41.1 Å². The van der Waals surface area contributed by atoms with Crippen molar-refractivity contribution in [3.63, 3.8) is 0 Å². The number of ether oxygens (including phenoxy) is 1. The SMILES string of the molecule is CC(Oc1ccccc1)C(=O)N1CCC(n2cc(-c3nc(C(C)C)no3)nn2)CC1. The van der Waals surface area contributed by atoms with Gasteiger partial charge in [-0.3, -0.25) is 4.79 Å². The maximum absolute atomic E-state index is 12.7. The highest BCUT2D eigenvalue weighted by molar-refractivity contribution is 5.81. The number of nitrogens with zero attached hydrogens (tertiary/aromatic N) is 6. The van der Waals surface area contributed by atoms with Crippen molar-refractivity contribution >= 4 is 5.91 Å². The van der Waals surface area contributed by atoms with Gasteiger partial charge < -0.3 is 14.2 Å². The van der Waals surface area contributed by atoms with Gasteiger partial charge in [-0.05, 0) is 31.9 Å². The quantitative estimate of drug-likeness (QED) is 0.616. The number of amides is 1. The summed E-state index contributed by atoms with van der Waals surface area (Å²) < 4.78 is 12.9. The number of carbonyl (C=O) groups excluding carboxylic acids is 1. The van der Waals surface area contributed by atoms with Gasteiger partial charge in [-0.1, -0.05) is 42.4 Å². The van der Waals surface area contributed by atoms with Crippen molar-refractivity contribution in [1.29, 1.82) is 0 Å². The van der Waals surface area contributed by atoms with Crippen LogP contribution >= 0.6 is 0 Å². The lowest BCUT2D eigenvalue weighted by atomic mass is 10.0. The van der Waals surface area contributed by atoms with Crippen LogP contribution in [0.2, 0.25) is 0 Å². The van der Waals surface area contributed by atoms with E-state index in [1.54, 1.807) is 6.92 Å². The summed E-state index contributed by atoms with van der Waals surface area (Å²) in [6.07, 6.45) is 2.91. The number of likely N-dealkylation sites (tertiary alicyclic amines) is 1. The van der Waals surface area contributed by atoms with Gasteiger partial charge in [-0.25, -0.2) is 4.68 Å². The Hall–Kier alpha value is -3.23. The molecule has 1 unspecified atom stereocenters. The van der Waals surface area contributed by atoms with E-state index in [2.05, 4.69) is 20.5 Å². The number of aromatic nitrogens is 5. The van der Waals surface area contributed by atoms with E-state index in [9.17, 15) is 4.79 Å². The van der Waals surface area contributed by atoms with Gasteiger partial charge in [0.05, 0.1) is 12.2 Å². The number of rotatable bonds is 6.